The lowest BCUT2D eigenvalue weighted by Crippen LogP contribution is -2.22. The van der Waals surface area contributed by atoms with Crippen LogP contribution in [0.25, 0.3) is 5.69 Å². The van der Waals surface area contributed by atoms with Gasteiger partial charge in [0.25, 0.3) is 0 Å². The van der Waals surface area contributed by atoms with Crippen LogP contribution in [0.4, 0.5) is 5.69 Å². The number of hydrogen-bond donors (Lipinski definition) is 1. The molecule has 0 saturated carbocycles. The number of nitrogens with zero attached hydrogens (tertiary/aromatic N) is 3. The van der Waals surface area contributed by atoms with Gasteiger partial charge in [-0.25, -0.2) is 0 Å². The monoisotopic (exact) mass is 358 g/mol. The Bertz CT molecular complexity index is 837. The maximum Gasteiger partial charge on any atom is 0.237 e. The summed E-state index contributed by atoms with van der Waals surface area (Å²) in [5.41, 5.74) is 1.62. The van der Waals surface area contributed by atoms with E-state index >= 15 is 0 Å². The van der Waals surface area contributed by atoms with Gasteiger partial charge >= 0.3 is 0 Å². The third-order valence-corrected chi connectivity index (χ3v) is 4.59. The van der Waals surface area contributed by atoms with E-state index in [1.807, 2.05) is 60.0 Å². The number of hydrogen-bond acceptors (Lipinski definition) is 4. The van der Waals surface area contributed by atoms with Crippen molar-refractivity contribution >= 4 is 35.0 Å². The van der Waals surface area contributed by atoms with Gasteiger partial charge < -0.3 is 5.32 Å². The Hall–Kier alpha value is -2.31. The van der Waals surface area contributed by atoms with E-state index in [-0.39, 0.29) is 11.2 Å². The second-order valence-corrected chi connectivity index (χ2v) is 6.82. The molecule has 1 heterocycles. The van der Waals surface area contributed by atoms with Gasteiger partial charge in [-0.1, -0.05) is 47.6 Å². The molecule has 1 atom stereocenters. The van der Waals surface area contributed by atoms with E-state index in [1.54, 1.807) is 12.4 Å². The van der Waals surface area contributed by atoms with Gasteiger partial charge in [-0.15, -0.1) is 10.2 Å². The lowest BCUT2D eigenvalue weighted by molar-refractivity contribution is -0.115. The van der Waals surface area contributed by atoms with Crippen molar-refractivity contribution in [1.82, 2.24) is 14.8 Å². The number of benzene rings is 2. The third-order valence-electron chi connectivity index (χ3n) is 3.30. The number of nitrogens with one attached hydrogen (secondary N) is 1. The van der Waals surface area contributed by atoms with Gasteiger partial charge in [0, 0.05) is 10.7 Å². The van der Waals surface area contributed by atoms with E-state index in [2.05, 4.69) is 15.5 Å². The molecule has 3 aromatic rings. The Morgan fingerprint density at radius 1 is 1.21 bits per heavy atom. The molecule has 122 valence electrons. The van der Waals surface area contributed by atoms with Crippen molar-refractivity contribution in [2.45, 2.75) is 17.3 Å². The maximum absolute atomic E-state index is 12.3. The Morgan fingerprint density at radius 2 is 2.00 bits per heavy atom. The molecule has 1 N–H and O–H groups in total. The fraction of sp³-hybridized carbons (Fsp3) is 0.118. The molecule has 0 radical (unpaired) electrons. The van der Waals surface area contributed by atoms with Crippen molar-refractivity contribution < 1.29 is 4.79 Å². The van der Waals surface area contributed by atoms with Crippen LogP contribution in [0.1, 0.15) is 6.92 Å². The van der Waals surface area contributed by atoms with Gasteiger partial charge in [-0.3, -0.25) is 9.36 Å². The minimum Gasteiger partial charge on any atom is -0.325 e. The summed E-state index contributed by atoms with van der Waals surface area (Å²) in [5.74, 6) is -0.0909. The van der Waals surface area contributed by atoms with Crippen molar-refractivity contribution in [2.24, 2.45) is 0 Å². The minimum atomic E-state index is -0.327. The molecule has 1 aromatic heterocycles. The van der Waals surface area contributed by atoms with Crippen LogP contribution in [-0.2, 0) is 4.79 Å². The van der Waals surface area contributed by atoms with Crippen molar-refractivity contribution in [1.29, 1.82) is 0 Å². The molecule has 1 amide bonds. The van der Waals surface area contributed by atoms with Crippen molar-refractivity contribution in [3.05, 3.63) is 65.9 Å². The standard InChI is InChI=1S/C17H15ClN4OS/c1-12(16(23)20-14-7-3-2-4-8-14)24-17-21-19-11-22(17)15-9-5-6-13(18)10-15/h2-12H,1H3,(H,20,23). The molecule has 0 aliphatic heterocycles. The molecular formula is C17H15ClN4OS. The normalized spacial score (nSPS) is 11.9. The highest BCUT2D eigenvalue weighted by Gasteiger charge is 2.18. The van der Waals surface area contributed by atoms with E-state index in [4.69, 9.17) is 11.6 Å². The summed E-state index contributed by atoms with van der Waals surface area (Å²) in [6, 6.07) is 16.8. The molecule has 1 unspecified atom stereocenters. The SMILES string of the molecule is CC(Sc1nncn1-c1cccc(Cl)c1)C(=O)Nc1ccccc1. The van der Waals surface area contributed by atoms with Crippen LogP contribution >= 0.6 is 23.4 Å². The number of rotatable bonds is 5. The smallest absolute Gasteiger partial charge is 0.237 e. The van der Waals surface area contributed by atoms with Crippen molar-refractivity contribution in [2.75, 3.05) is 5.32 Å². The maximum atomic E-state index is 12.3. The molecule has 2 aromatic carbocycles. The fourth-order valence-electron chi connectivity index (χ4n) is 2.08. The van der Waals surface area contributed by atoms with Crippen LogP contribution < -0.4 is 5.32 Å². The molecule has 0 aliphatic carbocycles. The van der Waals surface area contributed by atoms with Gasteiger partial charge in [-0.05, 0) is 37.3 Å². The molecule has 0 fully saturated rings. The van der Waals surface area contributed by atoms with Crippen LogP contribution in [0, 0.1) is 0 Å². The zero-order valence-corrected chi connectivity index (χ0v) is 14.5. The Kier molecular flexibility index (Phi) is 5.17. The van der Waals surface area contributed by atoms with E-state index in [9.17, 15) is 4.79 Å². The number of carbonyl (C=O) groups is 1. The second-order valence-electron chi connectivity index (χ2n) is 5.08. The first-order chi connectivity index (χ1) is 11.6. The number of thioether (sulfide) groups is 1. The summed E-state index contributed by atoms with van der Waals surface area (Å²) in [7, 11) is 0. The van der Waals surface area contributed by atoms with E-state index in [0.29, 0.717) is 10.2 Å². The Labute approximate surface area is 149 Å². The highest BCUT2D eigenvalue weighted by Crippen LogP contribution is 2.25. The number of aromatic nitrogens is 3. The minimum absolute atomic E-state index is 0.0909. The van der Waals surface area contributed by atoms with Gasteiger partial charge in [-0.2, -0.15) is 0 Å². The lowest BCUT2D eigenvalue weighted by Gasteiger charge is -2.12. The van der Waals surface area contributed by atoms with Gasteiger partial charge in [0.1, 0.15) is 6.33 Å². The number of halogens is 1. The molecule has 3 rings (SSSR count). The van der Waals surface area contributed by atoms with E-state index < -0.39 is 0 Å². The van der Waals surface area contributed by atoms with E-state index in [1.165, 1.54) is 11.8 Å². The Balaban J connectivity index is 1.72. The average molecular weight is 359 g/mol. The molecule has 0 spiro atoms. The first-order valence-electron chi connectivity index (χ1n) is 7.32. The quantitative estimate of drug-likeness (QED) is 0.699. The summed E-state index contributed by atoms with van der Waals surface area (Å²) in [4.78, 5) is 12.3. The predicted molar refractivity (Wildman–Crippen MR) is 96.8 cm³/mol. The fourth-order valence-corrected chi connectivity index (χ4v) is 3.11. The summed E-state index contributed by atoms with van der Waals surface area (Å²) in [6.07, 6.45) is 1.61. The molecule has 0 aliphatic rings. The second kappa shape index (κ2) is 7.51. The van der Waals surface area contributed by atoms with Crippen LogP contribution in [0.15, 0.2) is 66.1 Å². The molecular weight excluding hydrogens is 344 g/mol. The zero-order chi connectivity index (χ0) is 16.9. The first kappa shape index (κ1) is 16.5. The highest BCUT2D eigenvalue weighted by atomic mass is 35.5. The summed E-state index contributed by atoms with van der Waals surface area (Å²) in [6.45, 7) is 1.83. The van der Waals surface area contributed by atoms with Crippen LogP contribution in [-0.4, -0.2) is 25.9 Å². The average Bonchev–Trinajstić information content (AvgIpc) is 3.04. The number of amides is 1. The Morgan fingerprint density at radius 3 is 2.75 bits per heavy atom. The summed E-state index contributed by atoms with van der Waals surface area (Å²) < 4.78 is 1.81. The summed E-state index contributed by atoms with van der Waals surface area (Å²) in [5, 5.41) is 11.9. The summed E-state index contributed by atoms with van der Waals surface area (Å²) >= 11 is 7.37. The number of anilines is 1. The molecule has 7 heteroatoms. The van der Waals surface area contributed by atoms with Crippen LogP contribution in [0.2, 0.25) is 5.02 Å². The van der Waals surface area contributed by atoms with Crippen LogP contribution in [0.5, 0.6) is 0 Å². The van der Waals surface area contributed by atoms with Crippen molar-refractivity contribution in [3.8, 4) is 5.69 Å². The third kappa shape index (κ3) is 3.96. The van der Waals surface area contributed by atoms with E-state index in [0.717, 1.165) is 11.4 Å². The zero-order valence-electron chi connectivity index (χ0n) is 12.9. The lowest BCUT2D eigenvalue weighted by atomic mass is 10.3. The van der Waals surface area contributed by atoms with Gasteiger partial charge in [0.15, 0.2) is 5.16 Å². The van der Waals surface area contributed by atoms with Gasteiger partial charge in [0.2, 0.25) is 5.91 Å². The predicted octanol–water partition coefficient (Wildman–Crippen LogP) is 4.04. The molecule has 5 nitrogen and oxygen atoms in total. The molecule has 0 bridgehead atoms. The number of carbonyl (C=O) groups excluding carboxylic acids is 1. The van der Waals surface area contributed by atoms with Crippen molar-refractivity contribution in [3.63, 3.8) is 0 Å². The van der Waals surface area contributed by atoms with Gasteiger partial charge in [0.05, 0.1) is 10.9 Å². The van der Waals surface area contributed by atoms with Crippen LogP contribution in [0.3, 0.4) is 0 Å². The highest BCUT2D eigenvalue weighted by molar-refractivity contribution is 8.00. The first-order valence-corrected chi connectivity index (χ1v) is 8.58. The topological polar surface area (TPSA) is 59.8 Å². The molecule has 0 saturated heterocycles. The molecule has 24 heavy (non-hydrogen) atoms. The largest absolute Gasteiger partial charge is 0.325 e. The number of para-hydroxylation sites is 1.